The van der Waals surface area contributed by atoms with Gasteiger partial charge in [-0.25, -0.2) is 0 Å². The fourth-order valence-electron chi connectivity index (χ4n) is 2.31. The van der Waals surface area contributed by atoms with Crippen LogP contribution in [-0.2, 0) is 11.2 Å². The average molecular weight is 302 g/mol. The molecule has 1 aromatic carbocycles. The zero-order valence-corrected chi connectivity index (χ0v) is 12.2. The van der Waals surface area contributed by atoms with Crippen LogP contribution in [0, 0.1) is 6.92 Å². The minimum absolute atomic E-state index is 0.268. The van der Waals surface area contributed by atoms with E-state index in [1.54, 1.807) is 6.07 Å². The summed E-state index contributed by atoms with van der Waals surface area (Å²) in [4.78, 5) is 24.6. The molecule has 0 aliphatic carbocycles. The Morgan fingerprint density at radius 2 is 2.14 bits per heavy atom. The lowest BCUT2D eigenvalue weighted by Crippen LogP contribution is -2.31. The SMILES string of the molecule is Cc1cc(C(N)=O)c(NC(=O)[C@H]2Cc3ccccc3O2)s1. The fraction of sp³-hybridized carbons (Fsp3) is 0.200. The maximum absolute atomic E-state index is 12.3. The summed E-state index contributed by atoms with van der Waals surface area (Å²) in [5.74, 6) is -0.0871. The van der Waals surface area contributed by atoms with Crippen LogP contribution >= 0.6 is 11.3 Å². The van der Waals surface area contributed by atoms with E-state index in [2.05, 4.69) is 5.32 Å². The van der Waals surface area contributed by atoms with E-state index in [9.17, 15) is 9.59 Å². The van der Waals surface area contributed by atoms with Crippen LogP contribution in [0.1, 0.15) is 20.8 Å². The summed E-state index contributed by atoms with van der Waals surface area (Å²) in [6, 6.07) is 9.23. The van der Waals surface area contributed by atoms with Gasteiger partial charge in [0.25, 0.3) is 11.8 Å². The summed E-state index contributed by atoms with van der Waals surface area (Å²) in [6.45, 7) is 1.86. The molecule has 0 saturated heterocycles. The molecule has 2 aromatic rings. The molecule has 0 unspecified atom stereocenters. The van der Waals surface area contributed by atoms with Crippen molar-refractivity contribution in [1.82, 2.24) is 0 Å². The lowest BCUT2D eigenvalue weighted by molar-refractivity contribution is -0.122. The van der Waals surface area contributed by atoms with Gasteiger partial charge in [-0.3, -0.25) is 9.59 Å². The van der Waals surface area contributed by atoms with E-state index in [0.29, 0.717) is 17.0 Å². The number of nitrogens with two attached hydrogens (primary N) is 1. The molecule has 0 bridgehead atoms. The first-order chi connectivity index (χ1) is 10.0. The van der Waals surface area contributed by atoms with Crippen molar-refractivity contribution in [3.05, 3.63) is 46.3 Å². The summed E-state index contributed by atoms with van der Waals surface area (Å²) >= 11 is 1.33. The topological polar surface area (TPSA) is 81.4 Å². The number of hydrogen-bond donors (Lipinski definition) is 2. The molecule has 0 fully saturated rings. The smallest absolute Gasteiger partial charge is 0.266 e. The number of ether oxygens (including phenoxy) is 1. The number of carbonyl (C=O) groups is 2. The number of thiophene rings is 1. The molecule has 0 saturated carbocycles. The predicted octanol–water partition coefficient (Wildman–Crippen LogP) is 2.10. The number of amides is 2. The molecule has 2 heterocycles. The Balaban J connectivity index is 1.75. The number of hydrogen-bond acceptors (Lipinski definition) is 4. The Bertz CT molecular complexity index is 698. The monoisotopic (exact) mass is 302 g/mol. The Kier molecular flexibility index (Phi) is 3.39. The number of aryl methyl sites for hydroxylation is 1. The molecular weight excluding hydrogens is 288 g/mol. The van der Waals surface area contributed by atoms with Gasteiger partial charge in [0.15, 0.2) is 6.10 Å². The summed E-state index contributed by atoms with van der Waals surface area (Å²) in [6.07, 6.45) is -0.0522. The fourth-order valence-corrected chi connectivity index (χ4v) is 3.23. The number of benzene rings is 1. The maximum atomic E-state index is 12.3. The maximum Gasteiger partial charge on any atom is 0.266 e. The molecule has 3 N–H and O–H groups in total. The van der Waals surface area contributed by atoms with Crippen LogP contribution in [0.5, 0.6) is 5.75 Å². The highest BCUT2D eigenvalue weighted by molar-refractivity contribution is 7.16. The second-order valence-corrected chi connectivity index (χ2v) is 6.13. The van der Waals surface area contributed by atoms with Gasteiger partial charge in [0, 0.05) is 11.3 Å². The van der Waals surface area contributed by atoms with E-state index in [4.69, 9.17) is 10.5 Å². The van der Waals surface area contributed by atoms with Gasteiger partial charge in [-0.1, -0.05) is 18.2 Å². The number of fused-ring (bicyclic) bond motifs is 1. The van der Waals surface area contributed by atoms with Crippen LogP contribution in [0.3, 0.4) is 0 Å². The standard InChI is InChI=1S/C15H14N2O3S/c1-8-6-10(13(16)18)15(21-8)17-14(19)12-7-9-4-2-3-5-11(9)20-12/h2-6,12H,7H2,1H3,(H2,16,18)(H,17,19)/t12-/m1/s1. The third-order valence-corrected chi connectivity index (χ3v) is 4.26. The van der Waals surface area contributed by atoms with Gasteiger partial charge in [-0.05, 0) is 24.6 Å². The molecule has 1 aliphatic rings. The van der Waals surface area contributed by atoms with E-state index in [1.807, 2.05) is 31.2 Å². The average Bonchev–Trinajstić information content (AvgIpc) is 3.02. The normalized spacial score (nSPS) is 16.1. The number of primary amides is 1. The summed E-state index contributed by atoms with van der Waals surface area (Å²) in [5, 5.41) is 3.22. The van der Waals surface area contributed by atoms with Gasteiger partial charge < -0.3 is 15.8 Å². The van der Waals surface area contributed by atoms with Crippen LogP contribution < -0.4 is 15.8 Å². The van der Waals surface area contributed by atoms with Gasteiger partial charge in [0.2, 0.25) is 0 Å². The first kappa shape index (κ1) is 13.6. The van der Waals surface area contributed by atoms with E-state index in [1.165, 1.54) is 11.3 Å². The number of nitrogens with one attached hydrogen (secondary N) is 1. The number of para-hydroxylation sites is 1. The first-order valence-electron chi connectivity index (χ1n) is 6.50. The third kappa shape index (κ3) is 2.62. The summed E-state index contributed by atoms with van der Waals surface area (Å²) < 4.78 is 5.62. The molecule has 6 heteroatoms. The van der Waals surface area contributed by atoms with Gasteiger partial charge in [-0.15, -0.1) is 11.3 Å². The van der Waals surface area contributed by atoms with Crippen LogP contribution in [0.15, 0.2) is 30.3 Å². The van der Waals surface area contributed by atoms with Crippen molar-refractivity contribution in [2.75, 3.05) is 5.32 Å². The Morgan fingerprint density at radius 1 is 1.38 bits per heavy atom. The summed E-state index contributed by atoms with van der Waals surface area (Å²) in [5.41, 5.74) is 6.66. The zero-order chi connectivity index (χ0) is 15.0. The molecule has 1 aromatic heterocycles. The highest BCUT2D eigenvalue weighted by atomic mass is 32.1. The van der Waals surface area contributed by atoms with Crippen LogP contribution in [0.2, 0.25) is 0 Å². The van der Waals surface area contributed by atoms with Crippen molar-refractivity contribution in [2.45, 2.75) is 19.4 Å². The van der Waals surface area contributed by atoms with Crippen LogP contribution in [-0.4, -0.2) is 17.9 Å². The Morgan fingerprint density at radius 3 is 2.86 bits per heavy atom. The molecular formula is C15H14N2O3S. The van der Waals surface area contributed by atoms with E-state index in [-0.39, 0.29) is 5.91 Å². The van der Waals surface area contributed by atoms with Crippen molar-refractivity contribution in [3.8, 4) is 5.75 Å². The van der Waals surface area contributed by atoms with E-state index in [0.717, 1.165) is 16.2 Å². The highest BCUT2D eigenvalue weighted by Crippen LogP contribution is 2.31. The largest absolute Gasteiger partial charge is 0.480 e. The van der Waals surface area contributed by atoms with Crippen molar-refractivity contribution in [2.24, 2.45) is 5.73 Å². The molecule has 2 amide bonds. The van der Waals surface area contributed by atoms with Crippen molar-refractivity contribution in [3.63, 3.8) is 0 Å². The Labute approximate surface area is 125 Å². The summed E-state index contributed by atoms with van der Waals surface area (Å²) in [7, 11) is 0. The molecule has 1 aliphatic heterocycles. The van der Waals surface area contributed by atoms with Crippen molar-refractivity contribution >= 4 is 28.2 Å². The molecule has 0 spiro atoms. The molecule has 0 radical (unpaired) electrons. The van der Waals surface area contributed by atoms with E-state index < -0.39 is 12.0 Å². The van der Waals surface area contributed by atoms with Crippen LogP contribution in [0.25, 0.3) is 0 Å². The first-order valence-corrected chi connectivity index (χ1v) is 7.32. The van der Waals surface area contributed by atoms with Gasteiger partial charge in [0.1, 0.15) is 10.8 Å². The van der Waals surface area contributed by atoms with E-state index >= 15 is 0 Å². The molecule has 108 valence electrons. The third-order valence-electron chi connectivity index (χ3n) is 3.30. The zero-order valence-electron chi connectivity index (χ0n) is 11.4. The van der Waals surface area contributed by atoms with Crippen molar-refractivity contribution in [1.29, 1.82) is 0 Å². The number of carbonyl (C=O) groups excluding carboxylic acids is 2. The highest BCUT2D eigenvalue weighted by Gasteiger charge is 2.29. The Hall–Kier alpha value is -2.34. The minimum Gasteiger partial charge on any atom is -0.480 e. The second-order valence-electron chi connectivity index (χ2n) is 4.87. The molecule has 3 rings (SSSR count). The van der Waals surface area contributed by atoms with Crippen LogP contribution in [0.4, 0.5) is 5.00 Å². The number of anilines is 1. The van der Waals surface area contributed by atoms with Gasteiger partial charge in [0.05, 0.1) is 5.56 Å². The van der Waals surface area contributed by atoms with Gasteiger partial charge in [-0.2, -0.15) is 0 Å². The molecule has 21 heavy (non-hydrogen) atoms. The predicted molar refractivity (Wildman–Crippen MR) is 80.8 cm³/mol. The lowest BCUT2D eigenvalue weighted by Gasteiger charge is -2.10. The molecule has 5 nitrogen and oxygen atoms in total. The molecule has 1 atom stereocenters. The number of rotatable bonds is 3. The second kappa shape index (κ2) is 5.21. The minimum atomic E-state index is -0.578. The van der Waals surface area contributed by atoms with Gasteiger partial charge >= 0.3 is 0 Å². The van der Waals surface area contributed by atoms with Crippen molar-refractivity contribution < 1.29 is 14.3 Å². The lowest BCUT2D eigenvalue weighted by atomic mass is 10.1. The quantitative estimate of drug-likeness (QED) is 0.911.